The van der Waals surface area contributed by atoms with Crippen LogP contribution in [0.15, 0.2) is 24.3 Å². The Balaban J connectivity index is 2.84. The maximum absolute atomic E-state index is 12.0. The van der Waals surface area contributed by atoms with Gasteiger partial charge in [0.25, 0.3) is 0 Å². The van der Waals surface area contributed by atoms with Crippen molar-refractivity contribution in [2.75, 3.05) is 11.9 Å². The number of carbonyl (C=O) groups is 3. The van der Waals surface area contributed by atoms with Crippen LogP contribution in [0.25, 0.3) is 0 Å². The summed E-state index contributed by atoms with van der Waals surface area (Å²) < 4.78 is 0. The highest BCUT2D eigenvalue weighted by molar-refractivity contribution is 5.95. The molecule has 0 bridgehead atoms. The van der Waals surface area contributed by atoms with E-state index in [0.717, 1.165) is 4.90 Å². The molecule has 21 heavy (non-hydrogen) atoms. The van der Waals surface area contributed by atoms with Crippen LogP contribution in [0, 0.1) is 11.3 Å². The van der Waals surface area contributed by atoms with Gasteiger partial charge in [-0.2, -0.15) is 5.26 Å². The number of rotatable bonds is 5. The van der Waals surface area contributed by atoms with Crippen LogP contribution in [0.2, 0.25) is 0 Å². The van der Waals surface area contributed by atoms with E-state index in [1.54, 1.807) is 18.2 Å². The molecular formula is C13H14N4O4. The van der Waals surface area contributed by atoms with Gasteiger partial charge >= 0.3 is 12.0 Å². The van der Waals surface area contributed by atoms with Crippen LogP contribution in [-0.4, -0.2) is 36.1 Å². The van der Waals surface area contributed by atoms with Crippen LogP contribution < -0.4 is 16.0 Å². The summed E-state index contributed by atoms with van der Waals surface area (Å²) in [6, 6.07) is 6.03. The Kier molecular flexibility index (Phi) is 5.25. The van der Waals surface area contributed by atoms with E-state index in [4.69, 9.17) is 16.1 Å². The minimum Gasteiger partial charge on any atom is -0.480 e. The molecule has 3 amide bonds. The number of primary amides is 1. The van der Waals surface area contributed by atoms with Crippen LogP contribution in [0.3, 0.4) is 0 Å². The maximum atomic E-state index is 12.0. The first-order valence-electron chi connectivity index (χ1n) is 5.90. The average Bonchev–Trinajstić information content (AvgIpc) is 2.45. The second-order valence-electron chi connectivity index (χ2n) is 4.23. The molecule has 0 aliphatic rings. The number of carbonyl (C=O) groups excluding carboxylic acids is 2. The molecule has 1 aromatic carbocycles. The number of hydrogen-bond acceptors (Lipinski definition) is 4. The van der Waals surface area contributed by atoms with Gasteiger partial charge in [-0.1, -0.05) is 6.07 Å². The molecule has 1 rings (SSSR count). The van der Waals surface area contributed by atoms with Crippen molar-refractivity contribution in [2.45, 2.75) is 12.5 Å². The Labute approximate surface area is 120 Å². The van der Waals surface area contributed by atoms with Gasteiger partial charge in [0.2, 0.25) is 5.91 Å². The zero-order chi connectivity index (χ0) is 16.0. The van der Waals surface area contributed by atoms with E-state index in [9.17, 15) is 14.4 Å². The Bertz CT molecular complexity index is 608. The van der Waals surface area contributed by atoms with Crippen molar-refractivity contribution in [2.24, 2.45) is 5.73 Å². The Morgan fingerprint density at radius 3 is 2.67 bits per heavy atom. The summed E-state index contributed by atoms with van der Waals surface area (Å²) in [6.45, 7) is 0. The summed E-state index contributed by atoms with van der Waals surface area (Å²) in [5.74, 6) is -2.20. The lowest BCUT2D eigenvalue weighted by Gasteiger charge is -2.21. The summed E-state index contributed by atoms with van der Waals surface area (Å²) in [5, 5.41) is 19.9. The fourth-order valence-electron chi connectivity index (χ4n) is 1.55. The number of nitrogens with one attached hydrogen (secondary N) is 1. The summed E-state index contributed by atoms with van der Waals surface area (Å²) >= 11 is 0. The molecule has 1 unspecified atom stereocenters. The number of nitrogens with zero attached hydrogens (tertiary/aromatic N) is 2. The Morgan fingerprint density at radius 1 is 1.48 bits per heavy atom. The molecule has 0 spiro atoms. The number of aliphatic carboxylic acids is 1. The van der Waals surface area contributed by atoms with Gasteiger partial charge in [0.1, 0.15) is 6.04 Å². The molecule has 0 radical (unpaired) electrons. The number of nitrogens with two attached hydrogens (primary N) is 1. The molecule has 8 heteroatoms. The first-order valence-corrected chi connectivity index (χ1v) is 5.90. The van der Waals surface area contributed by atoms with E-state index < -0.39 is 30.4 Å². The Hall–Kier alpha value is -3.08. The van der Waals surface area contributed by atoms with Crippen molar-refractivity contribution in [3.63, 3.8) is 0 Å². The predicted octanol–water partition coefficient (Wildman–Crippen LogP) is 0.0327. The molecule has 1 aromatic rings. The van der Waals surface area contributed by atoms with Gasteiger partial charge in [0, 0.05) is 12.7 Å². The standard InChI is InChI=1S/C13H14N4O4/c1-17(9-4-2-3-8(5-9)7-14)13(21)16-10(12(19)20)6-11(15)18/h2-5,10H,6H2,1H3,(H2,15,18)(H,16,21)(H,19,20). The van der Waals surface area contributed by atoms with Gasteiger partial charge in [0.15, 0.2) is 0 Å². The first-order chi connectivity index (χ1) is 9.85. The van der Waals surface area contributed by atoms with Crippen molar-refractivity contribution in [3.05, 3.63) is 29.8 Å². The molecule has 0 saturated carbocycles. The lowest BCUT2D eigenvalue weighted by atomic mass is 10.2. The van der Waals surface area contributed by atoms with Gasteiger partial charge < -0.3 is 16.2 Å². The molecule has 0 heterocycles. The third kappa shape index (κ3) is 4.50. The minimum atomic E-state index is -1.41. The third-order valence-electron chi connectivity index (χ3n) is 2.67. The normalized spacial score (nSPS) is 11.0. The van der Waals surface area contributed by atoms with Crippen molar-refractivity contribution in [1.82, 2.24) is 5.32 Å². The molecule has 4 N–H and O–H groups in total. The summed E-state index contributed by atoms with van der Waals surface area (Å²) in [6.07, 6.45) is -0.507. The molecule has 0 aliphatic carbocycles. The molecule has 8 nitrogen and oxygen atoms in total. The predicted molar refractivity (Wildman–Crippen MR) is 73.3 cm³/mol. The van der Waals surface area contributed by atoms with Crippen molar-refractivity contribution in [3.8, 4) is 6.07 Å². The van der Waals surface area contributed by atoms with Crippen molar-refractivity contribution in [1.29, 1.82) is 5.26 Å². The highest BCUT2D eigenvalue weighted by Gasteiger charge is 2.24. The number of benzene rings is 1. The number of amides is 3. The number of carboxylic acids is 1. The summed E-state index contributed by atoms with van der Waals surface area (Å²) in [7, 11) is 1.41. The monoisotopic (exact) mass is 290 g/mol. The maximum Gasteiger partial charge on any atom is 0.326 e. The van der Waals surface area contributed by atoms with Crippen LogP contribution in [0.1, 0.15) is 12.0 Å². The Morgan fingerprint density at radius 2 is 2.14 bits per heavy atom. The van der Waals surface area contributed by atoms with E-state index in [-0.39, 0.29) is 0 Å². The fourth-order valence-corrected chi connectivity index (χ4v) is 1.55. The van der Waals surface area contributed by atoms with Gasteiger partial charge in [-0.3, -0.25) is 9.69 Å². The third-order valence-corrected chi connectivity index (χ3v) is 2.67. The van der Waals surface area contributed by atoms with E-state index in [0.29, 0.717) is 11.3 Å². The van der Waals surface area contributed by atoms with Gasteiger partial charge in [-0.15, -0.1) is 0 Å². The van der Waals surface area contributed by atoms with Crippen molar-refractivity contribution >= 4 is 23.6 Å². The topological polar surface area (TPSA) is 137 Å². The molecule has 0 fully saturated rings. The number of carboxylic acid groups (broad SMARTS) is 1. The van der Waals surface area contributed by atoms with Crippen LogP contribution in [-0.2, 0) is 9.59 Å². The van der Waals surface area contributed by atoms with Gasteiger partial charge in [0.05, 0.1) is 18.1 Å². The molecule has 0 aliphatic heterocycles. The van der Waals surface area contributed by atoms with E-state index in [2.05, 4.69) is 5.32 Å². The molecule has 0 aromatic heterocycles. The highest BCUT2D eigenvalue weighted by atomic mass is 16.4. The summed E-state index contributed by atoms with van der Waals surface area (Å²) in [4.78, 5) is 34.8. The van der Waals surface area contributed by atoms with E-state index in [1.807, 2.05) is 6.07 Å². The van der Waals surface area contributed by atoms with E-state index in [1.165, 1.54) is 13.1 Å². The zero-order valence-corrected chi connectivity index (χ0v) is 11.2. The molecule has 110 valence electrons. The van der Waals surface area contributed by atoms with Crippen LogP contribution in [0.4, 0.5) is 10.5 Å². The molecular weight excluding hydrogens is 276 g/mol. The fraction of sp³-hybridized carbons (Fsp3) is 0.231. The summed E-state index contributed by atoms with van der Waals surface area (Å²) in [5.41, 5.74) is 5.70. The SMILES string of the molecule is CN(C(=O)NC(CC(N)=O)C(=O)O)c1cccc(C#N)c1. The van der Waals surface area contributed by atoms with Crippen LogP contribution in [0.5, 0.6) is 0 Å². The second kappa shape index (κ2) is 6.91. The number of hydrogen-bond donors (Lipinski definition) is 3. The number of nitriles is 1. The highest BCUT2D eigenvalue weighted by Crippen LogP contribution is 2.14. The van der Waals surface area contributed by atoms with Crippen LogP contribution >= 0.6 is 0 Å². The van der Waals surface area contributed by atoms with E-state index >= 15 is 0 Å². The molecule has 1 atom stereocenters. The smallest absolute Gasteiger partial charge is 0.326 e. The number of urea groups is 1. The second-order valence-corrected chi connectivity index (χ2v) is 4.23. The van der Waals surface area contributed by atoms with Gasteiger partial charge in [-0.05, 0) is 18.2 Å². The van der Waals surface area contributed by atoms with Gasteiger partial charge in [-0.25, -0.2) is 9.59 Å². The molecule has 0 saturated heterocycles. The minimum absolute atomic E-state index is 0.360. The zero-order valence-electron chi connectivity index (χ0n) is 11.2. The largest absolute Gasteiger partial charge is 0.480 e. The lowest BCUT2D eigenvalue weighted by Crippen LogP contribution is -2.48. The number of anilines is 1. The average molecular weight is 290 g/mol. The lowest BCUT2D eigenvalue weighted by molar-refractivity contribution is -0.140. The van der Waals surface area contributed by atoms with Crippen molar-refractivity contribution < 1.29 is 19.5 Å². The first kappa shape index (κ1) is 16.0. The quantitative estimate of drug-likeness (QED) is 0.702.